The molecule has 1 atom stereocenters. The lowest BCUT2D eigenvalue weighted by Crippen LogP contribution is -2.42. The van der Waals surface area contributed by atoms with E-state index in [1.165, 1.54) is 11.3 Å². The van der Waals surface area contributed by atoms with E-state index in [-0.39, 0.29) is 6.04 Å². The fourth-order valence-electron chi connectivity index (χ4n) is 2.52. The van der Waals surface area contributed by atoms with Crippen molar-refractivity contribution in [1.82, 2.24) is 9.62 Å². The average Bonchev–Trinajstić information content (AvgIpc) is 2.99. The minimum Gasteiger partial charge on any atom is -0.313 e. The van der Waals surface area contributed by atoms with E-state index < -0.39 is 10.0 Å². The van der Waals surface area contributed by atoms with Gasteiger partial charge in [0.1, 0.15) is 4.21 Å². The standard InChI is InChI=1S/C14H23BrN2O2S2/c1-10(2)8-17(9-12-5-4-6-16-12)21(18,19)13-7-11(3)14(15)20-13/h7,10,12,16H,4-6,8-9H2,1-3H3. The van der Waals surface area contributed by atoms with E-state index in [1.807, 2.05) is 6.92 Å². The number of aryl methyl sites for hydroxylation is 1. The first-order chi connectivity index (χ1) is 9.80. The topological polar surface area (TPSA) is 49.4 Å². The van der Waals surface area contributed by atoms with E-state index in [0.717, 1.165) is 28.7 Å². The highest BCUT2D eigenvalue weighted by molar-refractivity contribution is 9.11. The second kappa shape index (κ2) is 7.08. The molecule has 21 heavy (non-hydrogen) atoms. The van der Waals surface area contributed by atoms with Crippen molar-refractivity contribution in [2.24, 2.45) is 5.92 Å². The molecular weight excluding hydrogens is 372 g/mol. The second-order valence-corrected chi connectivity index (χ2v) is 10.6. The van der Waals surface area contributed by atoms with Crippen molar-refractivity contribution >= 4 is 37.3 Å². The van der Waals surface area contributed by atoms with E-state index in [1.54, 1.807) is 10.4 Å². The van der Waals surface area contributed by atoms with E-state index >= 15 is 0 Å². The van der Waals surface area contributed by atoms with Crippen molar-refractivity contribution in [3.8, 4) is 0 Å². The van der Waals surface area contributed by atoms with Gasteiger partial charge in [-0.15, -0.1) is 11.3 Å². The maximum atomic E-state index is 12.9. The Morgan fingerprint density at radius 2 is 2.24 bits per heavy atom. The molecule has 120 valence electrons. The summed E-state index contributed by atoms with van der Waals surface area (Å²) in [6, 6.07) is 2.04. The van der Waals surface area contributed by atoms with Crippen LogP contribution in [-0.4, -0.2) is 38.4 Å². The van der Waals surface area contributed by atoms with E-state index in [0.29, 0.717) is 23.2 Å². The number of nitrogens with one attached hydrogen (secondary N) is 1. The number of hydrogen-bond donors (Lipinski definition) is 1. The Morgan fingerprint density at radius 3 is 2.71 bits per heavy atom. The van der Waals surface area contributed by atoms with Gasteiger partial charge < -0.3 is 5.32 Å². The first-order valence-corrected chi connectivity index (χ1v) is 10.3. The summed E-state index contributed by atoms with van der Waals surface area (Å²) in [6.45, 7) is 8.15. The fourth-order valence-corrected chi connectivity index (χ4v) is 6.55. The van der Waals surface area contributed by atoms with Crippen LogP contribution in [0.1, 0.15) is 32.3 Å². The van der Waals surface area contributed by atoms with Crippen molar-refractivity contribution in [3.63, 3.8) is 0 Å². The Kier molecular flexibility index (Phi) is 5.87. The third-order valence-electron chi connectivity index (χ3n) is 3.58. The molecule has 1 aliphatic heterocycles. The summed E-state index contributed by atoms with van der Waals surface area (Å²) in [7, 11) is -3.40. The third kappa shape index (κ3) is 4.28. The SMILES string of the molecule is Cc1cc(S(=O)(=O)N(CC(C)C)CC2CCCN2)sc1Br. The molecule has 1 fully saturated rings. The van der Waals surface area contributed by atoms with Crippen molar-refractivity contribution in [3.05, 3.63) is 15.4 Å². The first-order valence-electron chi connectivity index (χ1n) is 7.30. The molecule has 2 rings (SSSR count). The van der Waals surface area contributed by atoms with Gasteiger partial charge in [0, 0.05) is 19.1 Å². The Bertz CT molecular complexity index is 558. The van der Waals surface area contributed by atoms with E-state index in [9.17, 15) is 8.42 Å². The minimum atomic E-state index is -3.40. The zero-order valence-corrected chi connectivity index (χ0v) is 15.9. The van der Waals surface area contributed by atoms with E-state index in [2.05, 4.69) is 35.1 Å². The Balaban J connectivity index is 2.24. The molecular formula is C14H23BrN2O2S2. The van der Waals surface area contributed by atoms with Gasteiger partial charge >= 0.3 is 0 Å². The van der Waals surface area contributed by atoms with Gasteiger partial charge in [-0.3, -0.25) is 0 Å². The normalized spacial score (nSPS) is 19.8. The molecule has 1 unspecified atom stereocenters. The Hall–Kier alpha value is 0.0500. The van der Waals surface area contributed by atoms with Gasteiger partial charge in [-0.1, -0.05) is 13.8 Å². The summed E-state index contributed by atoms with van der Waals surface area (Å²) >= 11 is 4.72. The Morgan fingerprint density at radius 1 is 1.52 bits per heavy atom. The molecule has 1 aromatic rings. The van der Waals surface area contributed by atoms with Crippen LogP contribution in [0.4, 0.5) is 0 Å². The van der Waals surface area contributed by atoms with Crippen molar-refractivity contribution in [2.45, 2.75) is 43.9 Å². The van der Waals surface area contributed by atoms with Gasteiger partial charge in [0.15, 0.2) is 0 Å². The zero-order chi connectivity index (χ0) is 15.6. The van der Waals surface area contributed by atoms with Crippen LogP contribution in [0.25, 0.3) is 0 Å². The van der Waals surface area contributed by atoms with Crippen LogP contribution < -0.4 is 5.32 Å². The maximum Gasteiger partial charge on any atom is 0.252 e. The second-order valence-electron chi connectivity index (χ2n) is 6.03. The van der Waals surface area contributed by atoms with Gasteiger partial charge in [-0.25, -0.2) is 8.42 Å². The lowest BCUT2D eigenvalue weighted by Gasteiger charge is -2.26. The molecule has 0 spiro atoms. The lowest BCUT2D eigenvalue weighted by molar-refractivity contribution is 0.337. The highest BCUT2D eigenvalue weighted by Gasteiger charge is 2.30. The first kappa shape index (κ1) is 17.4. The molecule has 0 aliphatic carbocycles. The summed E-state index contributed by atoms with van der Waals surface area (Å²) in [5.41, 5.74) is 0.974. The number of nitrogens with zero attached hydrogens (tertiary/aromatic N) is 1. The van der Waals surface area contributed by atoms with Crippen LogP contribution in [-0.2, 0) is 10.0 Å². The number of thiophene rings is 1. The summed E-state index contributed by atoms with van der Waals surface area (Å²) in [6.07, 6.45) is 2.18. The maximum absolute atomic E-state index is 12.9. The molecule has 0 aromatic carbocycles. The number of sulfonamides is 1. The number of rotatable bonds is 6. The molecule has 1 N–H and O–H groups in total. The molecule has 4 nitrogen and oxygen atoms in total. The molecule has 0 amide bonds. The van der Waals surface area contributed by atoms with Crippen molar-refractivity contribution in [1.29, 1.82) is 0 Å². The van der Waals surface area contributed by atoms with Crippen molar-refractivity contribution < 1.29 is 8.42 Å². The predicted molar refractivity (Wildman–Crippen MR) is 91.4 cm³/mol. The summed E-state index contributed by atoms with van der Waals surface area (Å²) in [4.78, 5) is 0. The summed E-state index contributed by atoms with van der Waals surface area (Å²) in [5, 5.41) is 3.39. The zero-order valence-electron chi connectivity index (χ0n) is 12.7. The minimum absolute atomic E-state index is 0.281. The summed E-state index contributed by atoms with van der Waals surface area (Å²) in [5.74, 6) is 0.311. The smallest absolute Gasteiger partial charge is 0.252 e. The van der Waals surface area contributed by atoms with Gasteiger partial charge in [-0.2, -0.15) is 4.31 Å². The molecule has 1 aliphatic rings. The number of halogens is 1. The van der Waals surface area contributed by atoms with Crippen LogP contribution in [0.15, 0.2) is 14.1 Å². The molecule has 7 heteroatoms. The van der Waals surface area contributed by atoms with Gasteiger partial charge in [0.25, 0.3) is 10.0 Å². The van der Waals surface area contributed by atoms with Crippen LogP contribution in [0.3, 0.4) is 0 Å². The van der Waals surface area contributed by atoms with Crippen LogP contribution >= 0.6 is 27.3 Å². The Labute approximate surface area is 140 Å². The van der Waals surface area contributed by atoms with Crippen LogP contribution in [0.5, 0.6) is 0 Å². The largest absolute Gasteiger partial charge is 0.313 e. The van der Waals surface area contributed by atoms with Gasteiger partial charge in [0.05, 0.1) is 3.79 Å². The number of hydrogen-bond acceptors (Lipinski definition) is 4. The van der Waals surface area contributed by atoms with Gasteiger partial charge in [-0.05, 0) is 59.8 Å². The van der Waals surface area contributed by atoms with Crippen LogP contribution in [0, 0.1) is 12.8 Å². The van der Waals surface area contributed by atoms with E-state index in [4.69, 9.17) is 0 Å². The quantitative estimate of drug-likeness (QED) is 0.805. The fraction of sp³-hybridized carbons (Fsp3) is 0.714. The van der Waals surface area contributed by atoms with Gasteiger partial charge in [0.2, 0.25) is 0 Å². The monoisotopic (exact) mass is 394 g/mol. The molecule has 1 aromatic heterocycles. The molecule has 1 saturated heterocycles. The highest BCUT2D eigenvalue weighted by atomic mass is 79.9. The molecule has 0 saturated carbocycles. The average molecular weight is 395 g/mol. The predicted octanol–water partition coefficient (Wildman–Crippen LogP) is 3.22. The third-order valence-corrected chi connectivity index (χ3v) is 8.00. The molecule has 2 heterocycles. The van der Waals surface area contributed by atoms with Crippen molar-refractivity contribution in [2.75, 3.05) is 19.6 Å². The van der Waals surface area contributed by atoms with Crippen LogP contribution in [0.2, 0.25) is 0 Å². The molecule has 0 radical (unpaired) electrons. The molecule has 0 bridgehead atoms. The lowest BCUT2D eigenvalue weighted by atomic mass is 10.2. The summed E-state index contributed by atoms with van der Waals surface area (Å²) < 4.78 is 28.8. The highest BCUT2D eigenvalue weighted by Crippen LogP contribution is 2.32.